The lowest BCUT2D eigenvalue weighted by molar-refractivity contribution is 0.790. The fourth-order valence-corrected chi connectivity index (χ4v) is 1.16. The van der Waals surface area contributed by atoms with Crippen LogP contribution in [0.2, 0.25) is 0 Å². The first-order chi connectivity index (χ1) is 6.15. The smallest absolute Gasteiger partial charge is 0.0342 e. The highest BCUT2D eigenvalue weighted by Crippen LogP contribution is 2.10. The zero-order valence-electron chi connectivity index (χ0n) is 9.46. The Bertz CT molecular complexity index is 219. The Labute approximate surface area is 82.3 Å². The van der Waals surface area contributed by atoms with Crippen LogP contribution in [0.1, 0.15) is 34.1 Å². The second kappa shape index (κ2) is 6.64. The van der Waals surface area contributed by atoms with Gasteiger partial charge < -0.3 is 0 Å². The number of hydrogen-bond donors (Lipinski definition) is 0. The molecule has 0 radical (unpaired) electrons. The molecule has 0 aromatic carbocycles. The maximum atomic E-state index is 4.17. The van der Waals surface area contributed by atoms with E-state index >= 15 is 0 Å². The molecular weight excluding hydrogens is 158 g/mol. The van der Waals surface area contributed by atoms with Crippen molar-refractivity contribution in [1.29, 1.82) is 0 Å². The summed E-state index contributed by atoms with van der Waals surface area (Å²) < 4.78 is 0. The minimum absolute atomic E-state index is 0.594. The largest absolute Gasteiger partial charge is 0.293 e. The van der Waals surface area contributed by atoms with Gasteiger partial charge in [0.15, 0.2) is 0 Å². The van der Waals surface area contributed by atoms with Crippen molar-refractivity contribution < 1.29 is 0 Å². The van der Waals surface area contributed by atoms with Crippen molar-refractivity contribution in [1.82, 2.24) is 0 Å². The molecule has 0 saturated carbocycles. The Kier molecular flexibility index (Phi) is 6.21. The Morgan fingerprint density at radius 2 is 1.92 bits per heavy atom. The molecular formula is C12H21N. The molecule has 0 heterocycles. The molecule has 0 atom stereocenters. The molecule has 0 bridgehead atoms. The highest BCUT2D eigenvalue weighted by atomic mass is 14.7. The van der Waals surface area contributed by atoms with E-state index in [1.54, 1.807) is 0 Å². The normalized spacial score (nSPS) is 14.6. The molecule has 0 saturated heterocycles. The lowest BCUT2D eigenvalue weighted by Gasteiger charge is -2.04. The molecule has 0 unspecified atom stereocenters. The first kappa shape index (κ1) is 12.2. The van der Waals surface area contributed by atoms with E-state index in [0.29, 0.717) is 5.92 Å². The van der Waals surface area contributed by atoms with Crippen LogP contribution in [0.3, 0.4) is 0 Å². The fraction of sp³-hybridized carbons (Fsp3) is 0.583. The Morgan fingerprint density at radius 3 is 2.23 bits per heavy atom. The molecule has 0 N–H and O–H groups in total. The zero-order valence-corrected chi connectivity index (χ0v) is 9.46. The minimum Gasteiger partial charge on any atom is -0.293 e. The van der Waals surface area contributed by atoms with Gasteiger partial charge in [-0.05, 0) is 30.9 Å². The second-order valence-electron chi connectivity index (χ2n) is 3.35. The number of rotatable bonds is 4. The first-order valence-electron chi connectivity index (χ1n) is 4.95. The molecule has 0 fully saturated rings. The maximum absolute atomic E-state index is 4.17. The summed E-state index contributed by atoms with van der Waals surface area (Å²) in [4.78, 5) is 4.17. The van der Waals surface area contributed by atoms with Crippen molar-refractivity contribution in [3.63, 3.8) is 0 Å². The summed E-state index contributed by atoms with van der Waals surface area (Å²) in [6, 6.07) is 0. The van der Waals surface area contributed by atoms with Gasteiger partial charge in [-0.3, -0.25) is 4.99 Å². The average Bonchev–Trinajstić information content (AvgIpc) is 2.12. The summed E-state index contributed by atoms with van der Waals surface area (Å²) in [5, 5.41) is 0. The molecule has 0 amide bonds. The number of hydrogen-bond acceptors (Lipinski definition) is 1. The molecule has 0 aromatic rings. The molecule has 74 valence electrons. The van der Waals surface area contributed by atoms with E-state index in [9.17, 15) is 0 Å². The van der Waals surface area contributed by atoms with Gasteiger partial charge in [0.1, 0.15) is 0 Å². The highest BCUT2D eigenvalue weighted by molar-refractivity contribution is 5.94. The summed E-state index contributed by atoms with van der Waals surface area (Å²) in [7, 11) is 1.84. The molecule has 1 heteroatoms. The van der Waals surface area contributed by atoms with Crippen LogP contribution in [0.5, 0.6) is 0 Å². The van der Waals surface area contributed by atoms with Crippen LogP contribution in [0.15, 0.2) is 28.8 Å². The summed E-state index contributed by atoms with van der Waals surface area (Å²) in [5.41, 5.74) is 2.52. The van der Waals surface area contributed by atoms with Crippen molar-refractivity contribution in [2.24, 2.45) is 10.9 Å². The van der Waals surface area contributed by atoms with Crippen LogP contribution < -0.4 is 0 Å². The van der Waals surface area contributed by atoms with Gasteiger partial charge in [0.2, 0.25) is 0 Å². The van der Waals surface area contributed by atoms with E-state index in [2.05, 4.69) is 50.9 Å². The van der Waals surface area contributed by atoms with Gasteiger partial charge in [0.25, 0.3) is 0 Å². The van der Waals surface area contributed by atoms with Crippen molar-refractivity contribution >= 4 is 5.71 Å². The van der Waals surface area contributed by atoms with E-state index < -0.39 is 0 Å². The molecule has 0 spiro atoms. The molecule has 0 aromatic heterocycles. The van der Waals surface area contributed by atoms with Crippen LogP contribution >= 0.6 is 0 Å². The van der Waals surface area contributed by atoms with Gasteiger partial charge in [0, 0.05) is 12.8 Å². The molecule has 0 aliphatic rings. The molecule has 1 nitrogen and oxygen atoms in total. The summed E-state index contributed by atoms with van der Waals surface area (Å²) in [6.07, 6.45) is 7.43. The average molecular weight is 179 g/mol. The van der Waals surface area contributed by atoms with Crippen molar-refractivity contribution in [3.8, 4) is 0 Å². The molecule has 0 aliphatic heterocycles. The second-order valence-corrected chi connectivity index (χ2v) is 3.35. The summed E-state index contributed by atoms with van der Waals surface area (Å²) >= 11 is 0. The molecule has 0 rings (SSSR count). The van der Waals surface area contributed by atoms with Crippen LogP contribution in [0, 0.1) is 5.92 Å². The predicted octanol–water partition coefficient (Wildman–Crippen LogP) is 3.63. The summed E-state index contributed by atoms with van der Waals surface area (Å²) in [6.45, 7) is 8.61. The highest BCUT2D eigenvalue weighted by Gasteiger charge is 1.96. The predicted molar refractivity (Wildman–Crippen MR) is 61.4 cm³/mol. The Hall–Kier alpha value is -0.850. The number of aliphatic imine (C=N–C) groups is 1. The molecule has 13 heavy (non-hydrogen) atoms. The third-order valence-corrected chi connectivity index (χ3v) is 2.12. The van der Waals surface area contributed by atoms with Crippen LogP contribution in [0.25, 0.3) is 0 Å². The van der Waals surface area contributed by atoms with Crippen molar-refractivity contribution in [2.45, 2.75) is 34.1 Å². The minimum atomic E-state index is 0.594. The Balaban J connectivity index is 4.40. The summed E-state index contributed by atoms with van der Waals surface area (Å²) in [5.74, 6) is 0.594. The topological polar surface area (TPSA) is 12.4 Å². The monoisotopic (exact) mass is 179 g/mol. The zero-order chi connectivity index (χ0) is 10.3. The van der Waals surface area contributed by atoms with Gasteiger partial charge in [-0.2, -0.15) is 0 Å². The quantitative estimate of drug-likeness (QED) is 0.461. The van der Waals surface area contributed by atoms with Crippen LogP contribution in [-0.2, 0) is 0 Å². The van der Waals surface area contributed by atoms with E-state index in [1.165, 1.54) is 5.57 Å². The van der Waals surface area contributed by atoms with Crippen molar-refractivity contribution in [3.05, 3.63) is 23.8 Å². The van der Waals surface area contributed by atoms with Gasteiger partial charge in [-0.15, -0.1) is 0 Å². The number of allylic oxidation sites excluding steroid dienone is 4. The van der Waals surface area contributed by atoms with E-state index in [-0.39, 0.29) is 0 Å². The van der Waals surface area contributed by atoms with E-state index in [1.807, 2.05) is 7.05 Å². The van der Waals surface area contributed by atoms with Gasteiger partial charge >= 0.3 is 0 Å². The Morgan fingerprint density at radius 1 is 1.31 bits per heavy atom. The van der Waals surface area contributed by atoms with Crippen molar-refractivity contribution in [2.75, 3.05) is 7.05 Å². The maximum Gasteiger partial charge on any atom is 0.0342 e. The third-order valence-electron chi connectivity index (χ3n) is 2.12. The number of nitrogens with zero attached hydrogens (tertiary/aromatic N) is 1. The molecule has 0 aliphatic carbocycles. The van der Waals surface area contributed by atoms with Gasteiger partial charge in [-0.1, -0.05) is 32.9 Å². The van der Waals surface area contributed by atoms with E-state index in [0.717, 1.165) is 12.1 Å². The lowest BCUT2D eigenvalue weighted by atomic mass is 10.0. The van der Waals surface area contributed by atoms with Gasteiger partial charge in [0.05, 0.1) is 0 Å². The van der Waals surface area contributed by atoms with Crippen LogP contribution in [0.4, 0.5) is 0 Å². The SMILES string of the molecule is C\C=C(/C=C\C(CC)=N/C)C(C)C. The standard InChI is InChI=1S/C12H21N/c1-6-11(10(3)4)8-9-12(7-2)13-5/h6,8-10H,7H2,1-5H3/b9-8-,11-6+,13-12-. The van der Waals surface area contributed by atoms with Crippen LogP contribution in [-0.4, -0.2) is 12.8 Å². The lowest BCUT2D eigenvalue weighted by Crippen LogP contribution is -1.93. The third kappa shape index (κ3) is 4.66. The van der Waals surface area contributed by atoms with Gasteiger partial charge in [-0.25, -0.2) is 0 Å². The fourth-order valence-electron chi connectivity index (χ4n) is 1.16. The van der Waals surface area contributed by atoms with E-state index in [4.69, 9.17) is 0 Å². The first-order valence-corrected chi connectivity index (χ1v) is 4.95.